The second-order valence-corrected chi connectivity index (χ2v) is 9.13. The molecule has 0 aliphatic heterocycles. The molecule has 0 radical (unpaired) electrons. The molecular weight excluding hydrogens is 466 g/mol. The van der Waals surface area contributed by atoms with Crippen molar-refractivity contribution in [1.29, 1.82) is 0 Å². The van der Waals surface area contributed by atoms with Crippen LogP contribution in [0.3, 0.4) is 0 Å². The Hall–Kier alpha value is -1.28. The molecule has 0 aliphatic rings. The molecule has 0 unspecified atom stereocenters. The van der Waals surface area contributed by atoms with Gasteiger partial charge in [-0.15, -0.1) is 12.8 Å². The zero-order valence-electron chi connectivity index (χ0n) is 24.0. The third kappa shape index (κ3) is 37.4. The molecule has 1 rings (SSSR count). The van der Waals surface area contributed by atoms with Gasteiger partial charge in [-0.3, -0.25) is 4.31 Å². The summed E-state index contributed by atoms with van der Waals surface area (Å²) in [6.45, 7) is 22.1. The molecule has 1 aromatic carbocycles. The summed E-state index contributed by atoms with van der Waals surface area (Å²) in [6.07, 6.45) is 20.7. The van der Waals surface area contributed by atoms with Crippen LogP contribution in [0.5, 0.6) is 5.75 Å². The maximum atomic E-state index is 5.45. The molecule has 0 saturated heterocycles. The van der Waals surface area contributed by atoms with Crippen LogP contribution in [0.2, 0.25) is 0 Å². The first kappa shape index (κ1) is 40.9. The van der Waals surface area contributed by atoms with E-state index >= 15 is 0 Å². The highest BCUT2D eigenvalue weighted by molar-refractivity contribution is 7.96. The fraction of sp³-hybridized carbons (Fsp3) is 0.613. The van der Waals surface area contributed by atoms with Crippen LogP contribution in [0.15, 0.2) is 54.5 Å². The van der Waals surface area contributed by atoms with E-state index in [-0.39, 0.29) is 0 Å². The van der Waals surface area contributed by atoms with E-state index in [2.05, 4.69) is 84.8 Å². The lowest BCUT2D eigenvalue weighted by Gasteiger charge is -2.14. The van der Waals surface area contributed by atoms with Crippen molar-refractivity contribution in [2.24, 2.45) is 5.92 Å². The van der Waals surface area contributed by atoms with Crippen molar-refractivity contribution in [3.8, 4) is 18.6 Å². The maximum absolute atomic E-state index is 5.45. The lowest BCUT2D eigenvalue weighted by Crippen LogP contribution is -2.13. The average molecular weight is 524 g/mol. The minimum absolute atomic E-state index is 0.834. The van der Waals surface area contributed by atoms with Crippen molar-refractivity contribution in [3.05, 3.63) is 54.5 Å². The van der Waals surface area contributed by atoms with Crippen LogP contribution in [-0.2, 0) is 0 Å². The van der Waals surface area contributed by atoms with Gasteiger partial charge < -0.3 is 4.74 Å². The van der Waals surface area contributed by atoms with Crippen LogP contribution < -0.4 is 4.74 Å². The van der Waals surface area contributed by atoms with Crippen molar-refractivity contribution in [3.63, 3.8) is 0 Å². The van der Waals surface area contributed by atoms with Crippen LogP contribution in [0.4, 0.5) is 0 Å². The van der Waals surface area contributed by atoms with Crippen LogP contribution in [-0.4, -0.2) is 29.8 Å². The van der Waals surface area contributed by atoms with Crippen LogP contribution in [0, 0.1) is 18.8 Å². The van der Waals surface area contributed by atoms with Crippen molar-refractivity contribution in [2.75, 3.05) is 25.4 Å². The Morgan fingerprint density at radius 2 is 1.49 bits per heavy atom. The van der Waals surface area contributed by atoms with Crippen LogP contribution in [0.1, 0.15) is 93.4 Å². The van der Waals surface area contributed by atoms with Gasteiger partial charge in [0.2, 0.25) is 0 Å². The Morgan fingerprint density at radius 3 is 1.77 bits per heavy atom. The molecule has 4 heteroatoms. The summed E-state index contributed by atoms with van der Waals surface area (Å²) in [4.78, 5) is 0. The van der Waals surface area contributed by atoms with E-state index in [0.29, 0.717) is 0 Å². The molecule has 2 nitrogen and oxygen atoms in total. The molecule has 0 atom stereocenters. The molecule has 0 saturated carbocycles. The smallest absolute Gasteiger partial charge is 0.119 e. The first-order valence-corrected chi connectivity index (χ1v) is 14.8. The van der Waals surface area contributed by atoms with Gasteiger partial charge in [-0.2, -0.15) is 12.6 Å². The second-order valence-electron chi connectivity index (χ2n) is 7.48. The Labute approximate surface area is 230 Å². The number of benzene rings is 1. The average Bonchev–Trinajstić information content (AvgIpc) is 2.90. The van der Waals surface area contributed by atoms with Gasteiger partial charge in [0.1, 0.15) is 5.75 Å². The molecule has 0 bridgehead atoms. The number of para-hydroxylation sites is 1. The van der Waals surface area contributed by atoms with Gasteiger partial charge in [0.15, 0.2) is 0 Å². The molecule has 204 valence electrons. The summed E-state index contributed by atoms with van der Waals surface area (Å²) in [7, 11) is 0. The fourth-order valence-corrected chi connectivity index (χ4v) is 3.72. The molecule has 0 heterocycles. The minimum Gasteiger partial charge on any atom is -0.494 e. The third-order valence-corrected chi connectivity index (χ3v) is 6.03. The normalized spacial score (nSPS) is 9.49. The molecular formula is C31H57NOS2. The monoisotopic (exact) mass is 523 g/mol. The number of unbranched alkanes of at least 4 members (excludes halogenated alkanes) is 1. The quantitative estimate of drug-likeness (QED) is 0.0856. The maximum Gasteiger partial charge on any atom is 0.119 e. The van der Waals surface area contributed by atoms with Gasteiger partial charge >= 0.3 is 0 Å². The van der Waals surface area contributed by atoms with Gasteiger partial charge in [-0.25, -0.2) is 0 Å². The third-order valence-electron chi connectivity index (χ3n) is 4.72. The van der Waals surface area contributed by atoms with Gasteiger partial charge in [-0.05, 0) is 29.9 Å². The summed E-state index contributed by atoms with van der Waals surface area (Å²) < 4.78 is 7.79. The number of hydrogen-bond acceptors (Lipinski definition) is 4. The van der Waals surface area contributed by atoms with E-state index in [1.54, 1.807) is 17.6 Å². The molecule has 35 heavy (non-hydrogen) atoms. The minimum atomic E-state index is 0.834. The highest BCUT2D eigenvalue weighted by atomic mass is 32.2. The van der Waals surface area contributed by atoms with Crippen molar-refractivity contribution in [1.82, 2.24) is 4.31 Å². The number of allylic oxidation sites excluding steroid dienone is 2. The summed E-state index contributed by atoms with van der Waals surface area (Å²) in [5, 5.41) is 1.63. The van der Waals surface area contributed by atoms with Crippen LogP contribution in [0.25, 0.3) is 0 Å². The number of rotatable bonds is 14. The topological polar surface area (TPSA) is 12.5 Å². The number of terminal acetylenes is 1. The second kappa shape index (κ2) is 39.9. The summed E-state index contributed by atoms with van der Waals surface area (Å²) in [5.74, 6) is 3.18. The van der Waals surface area contributed by atoms with Crippen LogP contribution >= 0.6 is 24.6 Å². The molecule has 1 aromatic rings. The predicted octanol–water partition coefficient (Wildman–Crippen LogP) is 10.3. The predicted molar refractivity (Wildman–Crippen MR) is 170 cm³/mol. The lowest BCUT2D eigenvalue weighted by atomic mass is 9.96. The molecule has 0 aliphatic carbocycles. The molecule has 0 fully saturated rings. The molecule has 0 aromatic heterocycles. The van der Waals surface area contributed by atoms with E-state index in [4.69, 9.17) is 4.74 Å². The number of nitrogens with zero attached hydrogens (tertiary/aromatic N) is 1. The number of thiol groups is 1. The fourth-order valence-electron chi connectivity index (χ4n) is 2.87. The van der Waals surface area contributed by atoms with Gasteiger partial charge in [0, 0.05) is 18.8 Å². The zero-order chi connectivity index (χ0) is 27.6. The van der Waals surface area contributed by atoms with E-state index in [9.17, 15) is 0 Å². The largest absolute Gasteiger partial charge is 0.494 e. The van der Waals surface area contributed by atoms with Crippen molar-refractivity contribution < 1.29 is 4.74 Å². The SMILES string of the molecule is C#C.C=C/C=C\S.CCCC(CC)CCC.CCCCOc1ccccc1.CCSN(CC)CC. The first-order valence-electron chi connectivity index (χ1n) is 13.3. The van der Waals surface area contributed by atoms with E-state index in [1.807, 2.05) is 42.3 Å². The van der Waals surface area contributed by atoms with Crippen molar-refractivity contribution >= 4 is 24.6 Å². The highest BCUT2D eigenvalue weighted by Crippen LogP contribution is 2.16. The number of ether oxygens (including phenoxy) is 1. The Bertz CT molecular complexity index is 521. The summed E-state index contributed by atoms with van der Waals surface area (Å²) in [5.41, 5.74) is 0. The summed E-state index contributed by atoms with van der Waals surface area (Å²) in [6, 6.07) is 9.93. The first-order chi connectivity index (χ1) is 17.0. The van der Waals surface area contributed by atoms with E-state index in [0.717, 1.165) is 37.8 Å². The van der Waals surface area contributed by atoms with Gasteiger partial charge in [0.25, 0.3) is 0 Å². The molecule has 0 N–H and O–H groups in total. The Balaban J connectivity index is -0.000000184. The Morgan fingerprint density at radius 1 is 0.943 bits per heavy atom. The Kier molecular flexibility index (Phi) is 46.6. The van der Waals surface area contributed by atoms with E-state index in [1.165, 1.54) is 44.3 Å². The van der Waals surface area contributed by atoms with Crippen molar-refractivity contribution in [2.45, 2.75) is 93.4 Å². The van der Waals surface area contributed by atoms with Gasteiger partial charge in [-0.1, -0.05) is 136 Å². The molecule has 0 amide bonds. The van der Waals surface area contributed by atoms with Gasteiger partial charge in [0.05, 0.1) is 6.61 Å². The zero-order valence-corrected chi connectivity index (χ0v) is 25.8. The molecule has 0 spiro atoms. The summed E-state index contributed by atoms with van der Waals surface area (Å²) >= 11 is 5.66. The standard InChI is InChI=1S/C10H14O.C9H20.C6H15NS.C4H6S.C2H2/c1-2-3-9-11-10-7-5-4-6-8-10;1-4-7-9(6-3)8-5-2;1-4-7(5-2)8-6-3;1-2-3-4-5;1-2/h4-8H,2-3,9H2,1H3;9H,4-8H2,1-3H3;4-6H2,1-3H3;2-5H,1H2;1-2H/b;;;4-3-;. The van der Waals surface area contributed by atoms with E-state index < -0.39 is 0 Å². The number of hydrogen-bond donors (Lipinski definition) is 1. The highest BCUT2D eigenvalue weighted by Gasteiger charge is 2.01. The lowest BCUT2D eigenvalue weighted by molar-refractivity contribution is 0.309.